The van der Waals surface area contributed by atoms with E-state index in [1.54, 1.807) is 21.3 Å². The molecule has 3 unspecified atom stereocenters. The van der Waals surface area contributed by atoms with E-state index in [0.717, 1.165) is 12.0 Å². The van der Waals surface area contributed by atoms with Crippen LogP contribution < -0.4 is 24.8 Å². The summed E-state index contributed by atoms with van der Waals surface area (Å²) in [6, 6.07) is 4.15. The fourth-order valence-electron chi connectivity index (χ4n) is 4.28. The van der Waals surface area contributed by atoms with Crippen LogP contribution in [0.5, 0.6) is 17.2 Å². The third-order valence-corrected chi connectivity index (χ3v) is 5.67. The van der Waals surface area contributed by atoms with Gasteiger partial charge in [0.15, 0.2) is 0 Å². The molecule has 0 aromatic heterocycles. The molecule has 1 aromatic carbocycles. The molecule has 0 radical (unpaired) electrons. The van der Waals surface area contributed by atoms with E-state index in [1.807, 2.05) is 12.1 Å². The van der Waals surface area contributed by atoms with Gasteiger partial charge in [0.2, 0.25) is 5.91 Å². The Labute approximate surface area is 155 Å². The number of rotatable bonds is 7. The average molecular weight is 362 g/mol. The van der Waals surface area contributed by atoms with Crippen molar-refractivity contribution in [1.29, 1.82) is 0 Å². The fraction of sp³-hybridized carbons (Fsp3) is 0.650. The summed E-state index contributed by atoms with van der Waals surface area (Å²) < 4.78 is 16.2. The number of nitrogens with one attached hydrogen (secondary N) is 2. The van der Waals surface area contributed by atoms with E-state index in [9.17, 15) is 4.79 Å². The van der Waals surface area contributed by atoms with Crippen molar-refractivity contribution in [3.63, 3.8) is 0 Å². The lowest BCUT2D eigenvalue weighted by molar-refractivity contribution is -0.122. The van der Waals surface area contributed by atoms with Crippen LogP contribution in [0.3, 0.4) is 0 Å². The largest absolute Gasteiger partial charge is 0.496 e. The zero-order valence-electron chi connectivity index (χ0n) is 16.0. The molecule has 1 aromatic rings. The van der Waals surface area contributed by atoms with Crippen LogP contribution in [0.4, 0.5) is 0 Å². The molecule has 2 aliphatic rings. The van der Waals surface area contributed by atoms with Gasteiger partial charge in [0, 0.05) is 30.3 Å². The maximum absolute atomic E-state index is 12.5. The van der Waals surface area contributed by atoms with Crippen molar-refractivity contribution in [2.24, 2.45) is 5.92 Å². The number of hydrogen-bond acceptors (Lipinski definition) is 5. The first-order chi connectivity index (χ1) is 12.7. The molecule has 3 atom stereocenters. The van der Waals surface area contributed by atoms with E-state index in [1.165, 1.54) is 25.7 Å². The number of hydrogen-bond donors (Lipinski definition) is 2. The zero-order valence-corrected chi connectivity index (χ0v) is 16.0. The Hall–Kier alpha value is -1.95. The molecule has 1 saturated carbocycles. The van der Waals surface area contributed by atoms with Crippen LogP contribution in [-0.4, -0.2) is 45.9 Å². The minimum absolute atomic E-state index is 0.0530. The lowest BCUT2D eigenvalue weighted by atomic mass is 9.85. The molecule has 1 aliphatic carbocycles. The van der Waals surface area contributed by atoms with Gasteiger partial charge in [0.05, 0.1) is 27.4 Å². The third kappa shape index (κ3) is 4.06. The molecular weight excluding hydrogens is 332 g/mol. The molecular formula is C20H30N2O4. The number of ether oxygens (including phenoxy) is 3. The van der Waals surface area contributed by atoms with Crippen molar-refractivity contribution in [2.75, 3.05) is 27.9 Å². The predicted molar refractivity (Wildman–Crippen MR) is 100 cm³/mol. The summed E-state index contributed by atoms with van der Waals surface area (Å²) in [5, 5.41) is 6.59. The Morgan fingerprint density at radius 3 is 2.42 bits per heavy atom. The molecule has 144 valence electrons. The molecule has 1 saturated heterocycles. The Bertz CT molecular complexity index is 595. The van der Waals surface area contributed by atoms with Crippen LogP contribution in [0.15, 0.2) is 12.1 Å². The quantitative estimate of drug-likeness (QED) is 0.779. The van der Waals surface area contributed by atoms with Crippen LogP contribution in [0, 0.1) is 5.92 Å². The molecule has 2 N–H and O–H groups in total. The Kier molecular flexibility index (Phi) is 6.25. The van der Waals surface area contributed by atoms with E-state index in [0.29, 0.717) is 42.2 Å². The van der Waals surface area contributed by atoms with Crippen LogP contribution in [0.25, 0.3) is 0 Å². The van der Waals surface area contributed by atoms with Crippen molar-refractivity contribution in [3.8, 4) is 17.2 Å². The lowest BCUT2D eigenvalue weighted by Crippen LogP contribution is -2.43. The van der Waals surface area contributed by atoms with E-state index in [-0.39, 0.29) is 11.9 Å². The minimum atomic E-state index is -0.0530. The summed E-state index contributed by atoms with van der Waals surface area (Å²) in [6.45, 7) is 0.547. The topological polar surface area (TPSA) is 68.8 Å². The van der Waals surface area contributed by atoms with Gasteiger partial charge in [-0.15, -0.1) is 0 Å². The molecule has 1 aliphatic heterocycles. The van der Waals surface area contributed by atoms with Crippen molar-refractivity contribution in [2.45, 2.75) is 50.6 Å². The second-order valence-corrected chi connectivity index (χ2v) is 7.16. The Morgan fingerprint density at radius 1 is 1.12 bits per heavy atom. The molecule has 1 heterocycles. The smallest absolute Gasteiger partial charge is 0.237 e. The first kappa shape index (κ1) is 18.8. The molecule has 2 fully saturated rings. The minimum Gasteiger partial charge on any atom is -0.496 e. The van der Waals surface area contributed by atoms with Gasteiger partial charge in [-0.25, -0.2) is 0 Å². The Balaban J connectivity index is 1.57. The third-order valence-electron chi connectivity index (χ3n) is 5.67. The van der Waals surface area contributed by atoms with Gasteiger partial charge in [0.25, 0.3) is 0 Å². The molecule has 6 nitrogen and oxygen atoms in total. The molecule has 0 spiro atoms. The van der Waals surface area contributed by atoms with Gasteiger partial charge in [-0.1, -0.05) is 12.8 Å². The van der Waals surface area contributed by atoms with E-state index >= 15 is 0 Å². The maximum atomic E-state index is 12.5. The van der Waals surface area contributed by atoms with Gasteiger partial charge in [-0.05, 0) is 31.6 Å². The highest BCUT2D eigenvalue weighted by Crippen LogP contribution is 2.35. The normalized spacial score (nSPS) is 24.7. The highest BCUT2D eigenvalue weighted by molar-refractivity contribution is 5.82. The summed E-state index contributed by atoms with van der Waals surface area (Å²) in [4.78, 5) is 12.5. The van der Waals surface area contributed by atoms with Gasteiger partial charge in [0.1, 0.15) is 17.2 Å². The number of benzene rings is 1. The second-order valence-electron chi connectivity index (χ2n) is 7.16. The predicted octanol–water partition coefficient (Wildman–Crippen LogP) is 2.29. The monoisotopic (exact) mass is 362 g/mol. The first-order valence-corrected chi connectivity index (χ1v) is 9.49. The highest BCUT2D eigenvalue weighted by atomic mass is 16.5. The number of amides is 1. The first-order valence-electron chi connectivity index (χ1n) is 9.49. The van der Waals surface area contributed by atoms with E-state index < -0.39 is 0 Å². The van der Waals surface area contributed by atoms with Crippen LogP contribution in [0.1, 0.15) is 37.7 Å². The van der Waals surface area contributed by atoms with Crippen molar-refractivity contribution in [3.05, 3.63) is 17.7 Å². The highest BCUT2D eigenvalue weighted by Gasteiger charge is 2.37. The summed E-state index contributed by atoms with van der Waals surface area (Å²) in [7, 11) is 4.86. The number of carbonyl (C=O) groups is 1. The number of carbonyl (C=O) groups excluding carboxylic acids is 1. The van der Waals surface area contributed by atoms with Crippen LogP contribution in [-0.2, 0) is 11.2 Å². The molecule has 0 bridgehead atoms. The number of fused-ring (bicyclic) bond motifs is 1. The summed E-state index contributed by atoms with van der Waals surface area (Å²) in [6.07, 6.45) is 6.64. The maximum Gasteiger partial charge on any atom is 0.237 e. The summed E-state index contributed by atoms with van der Waals surface area (Å²) in [5.41, 5.74) is 0.934. The molecule has 3 rings (SSSR count). The SMILES string of the molecule is COc1cc(OC)c(CCNC(=O)C2CC3CCCCC3N2)c(OC)c1. The summed E-state index contributed by atoms with van der Waals surface area (Å²) >= 11 is 0. The van der Waals surface area contributed by atoms with Gasteiger partial charge < -0.3 is 24.8 Å². The van der Waals surface area contributed by atoms with Crippen molar-refractivity contribution in [1.82, 2.24) is 10.6 Å². The number of methoxy groups -OCH3 is 3. The summed E-state index contributed by atoms with van der Waals surface area (Å²) in [5.74, 6) is 2.87. The van der Waals surface area contributed by atoms with Gasteiger partial charge in [-0.2, -0.15) is 0 Å². The lowest BCUT2D eigenvalue weighted by Gasteiger charge is -2.24. The fourth-order valence-corrected chi connectivity index (χ4v) is 4.28. The van der Waals surface area contributed by atoms with E-state index in [2.05, 4.69) is 10.6 Å². The second kappa shape index (κ2) is 8.62. The molecule has 26 heavy (non-hydrogen) atoms. The molecule has 1 amide bonds. The van der Waals surface area contributed by atoms with Crippen LogP contribution >= 0.6 is 0 Å². The average Bonchev–Trinajstić information content (AvgIpc) is 3.12. The van der Waals surface area contributed by atoms with Gasteiger partial charge in [-0.3, -0.25) is 4.79 Å². The van der Waals surface area contributed by atoms with Gasteiger partial charge >= 0.3 is 0 Å². The molecule has 6 heteroatoms. The standard InChI is InChI=1S/C20H30N2O4/c1-24-14-11-18(25-2)15(19(12-14)26-3)8-9-21-20(23)17-10-13-6-4-5-7-16(13)22-17/h11-13,16-17,22H,4-10H2,1-3H3,(H,21,23). The Morgan fingerprint density at radius 2 is 1.81 bits per heavy atom. The van der Waals surface area contributed by atoms with E-state index in [4.69, 9.17) is 14.2 Å². The van der Waals surface area contributed by atoms with Crippen LogP contribution in [0.2, 0.25) is 0 Å². The zero-order chi connectivity index (χ0) is 18.5. The van der Waals surface area contributed by atoms with Crippen molar-refractivity contribution >= 4 is 5.91 Å². The van der Waals surface area contributed by atoms with Crippen molar-refractivity contribution < 1.29 is 19.0 Å².